The van der Waals surface area contributed by atoms with E-state index in [1.165, 1.54) is 24.6 Å². The number of hydrogen-bond acceptors (Lipinski definition) is 5. The molecule has 21 heavy (non-hydrogen) atoms. The van der Waals surface area contributed by atoms with Crippen molar-refractivity contribution in [1.82, 2.24) is 5.32 Å². The van der Waals surface area contributed by atoms with Gasteiger partial charge in [0.2, 0.25) is 0 Å². The number of carbonyl (C=O) groups is 1. The van der Waals surface area contributed by atoms with Crippen LogP contribution >= 0.6 is 11.8 Å². The highest BCUT2D eigenvalue weighted by atomic mass is 32.2. The van der Waals surface area contributed by atoms with Crippen molar-refractivity contribution in [3.8, 4) is 0 Å². The fourth-order valence-corrected chi connectivity index (χ4v) is 2.41. The molecule has 0 bridgehead atoms. The van der Waals surface area contributed by atoms with Gasteiger partial charge in [-0.05, 0) is 37.0 Å². The number of nitrogens with zero attached hydrogens (tertiary/aromatic N) is 1. The van der Waals surface area contributed by atoms with Crippen LogP contribution in [-0.2, 0) is 0 Å². The number of nitro groups is 1. The minimum atomic E-state index is -0.573. The zero-order valence-corrected chi connectivity index (χ0v) is 12.9. The quantitative estimate of drug-likeness (QED) is 0.316. The number of rotatable bonds is 9. The van der Waals surface area contributed by atoms with E-state index in [9.17, 15) is 14.9 Å². The lowest BCUT2D eigenvalue weighted by molar-refractivity contribution is -0.385. The molecule has 6 nitrogen and oxygen atoms in total. The van der Waals surface area contributed by atoms with Crippen LogP contribution in [-0.4, -0.2) is 29.4 Å². The van der Waals surface area contributed by atoms with E-state index in [4.69, 9.17) is 5.73 Å². The molecule has 0 unspecified atom stereocenters. The van der Waals surface area contributed by atoms with Gasteiger partial charge in [0.1, 0.15) is 5.56 Å². The summed E-state index contributed by atoms with van der Waals surface area (Å²) in [5.41, 5.74) is 5.72. The van der Waals surface area contributed by atoms with Gasteiger partial charge in [-0.2, -0.15) is 11.8 Å². The maximum atomic E-state index is 12.0. The summed E-state index contributed by atoms with van der Waals surface area (Å²) in [4.78, 5) is 22.3. The lowest BCUT2D eigenvalue weighted by Crippen LogP contribution is -2.25. The number of hydrogen-bond donors (Lipinski definition) is 2. The summed E-state index contributed by atoms with van der Waals surface area (Å²) in [6.45, 7) is 0.518. The zero-order chi connectivity index (χ0) is 15.7. The van der Waals surface area contributed by atoms with Crippen LogP contribution in [0, 0.1) is 10.1 Å². The van der Waals surface area contributed by atoms with Crippen molar-refractivity contribution in [2.24, 2.45) is 0 Å². The Bertz CT molecular complexity index is 494. The number of nitrogens with one attached hydrogen (secondary N) is 1. The van der Waals surface area contributed by atoms with Gasteiger partial charge in [0.05, 0.1) is 4.92 Å². The average molecular weight is 311 g/mol. The highest BCUT2D eigenvalue weighted by Crippen LogP contribution is 2.21. The minimum absolute atomic E-state index is 0.0161. The summed E-state index contributed by atoms with van der Waals surface area (Å²) in [7, 11) is 0. The standard InChI is InChI=1S/C14H21N3O3S/c1-21-9-5-3-2-4-8-16-14(18)12-10-11(15)6-7-13(12)17(19)20/h6-7,10H,2-5,8-9,15H2,1H3,(H,16,18). The average Bonchev–Trinajstić information content (AvgIpc) is 2.45. The third-order valence-corrected chi connectivity index (χ3v) is 3.72. The summed E-state index contributed by atoms with van der Waals surface area (Å²) in [6, 6.07) is 4.01. The number of carbonyl (C=O) groups excluding carboxylic acids is 1. The second-order valence-corrected chi connectivity index (χ2v) is 5.68. The van der Waals surface area contributed by atoms with Crippen LogP contribution in [0.5, 0.6) is 0 Å². The molecule has 1 aromatic rings. The summed E-state index contributed by atoms with van der Waals surface area (Å²) >= 11 is 1.83. The first kappa shape index (κ1) is 17.3. The summed E-state index contributed by atoms with van der Waals surface area (Å²) < 4.78 is 0. The third kappa shape index (κ3) is 6.03. The van der Waals surface area contributed by atoms with E-state index < -0.39 is 10.8 Å². The van der Waals surface area contributed by atoms with Gasteiger partial charge in [0.25, 0.3) is 11.6 Å². The Balaban J connectivity index is 2.45. The molecule has 116 valence electrons. The Labute approximate surface area is 128 Å². The van der Waals surface area contributed by atoms with E-state index in [1.54, 1.807) is 0 Å². The van der Waals surface area contributed by atoms with E-state index in [0.717, 1.165) is 25.0 Å². The first-order valence-corrected chi connectivity index (χ1v) is 8.26. The first-order valence-electron chi connectivity index (χ1n) is 6.87. The Morgan fingerprint density at radius 2 is 2.05 bits per heavy atom. The van der Waals surface area contributed by atoms with Gasteiger partial charge in [0, 0.05) is 18.3 Å². The number of nitrogen functional groups attached to an aromatic ring is 1. The van der Waals surface area contributed by atoms with Gasteiger partial charge in [-0.1, -0.05) is 12.8 Å². The molecule has 0 aromatic heterocycles. The zero-order valence-electron chi connectivity index (χ0n) is 12.1. The second-order valence-electron chi connectivity index (χ2n) is 4.70. The van der Waals surface area contributed by atoms with Crippen molar-refractivity contribution in [3.05, 3.63) is 33.9 Å². The molecule has 1 aromatic carbocycles. The van der Waals surface area contributed by atoms with E-state index in [0.29, 0.717) is 12.2 Å². The normalized spacial score (nSPS) is 10.3. The molecule has 0 heterocycles. The molecule has 0 aliphatic heterocycles. The van der Waals surface area contributed by atoms with Gasteiger partial charge >= 0.3 is 0 Å². The maximum absolute atomic E-state index is 12.0. The fourth-order valence-electron chi connectivity index (χ4n) is 1.92. The van der Waals surface area contributed by atoms with Gasteiger partial charge in [0.15, 0.2) is 0 Å². The number of benzene rings is 1. The maximum Gasteiger partial charge on any atom is 0.282 e. The van der Waals surface area contributed by atoms with Crippen molar-refractivity contribution < 1.29 is 9.72 Å². The van der Waals surface area contributed by atoms with Crippen LogP contribution < -0.4 is 11.1 Å². The van der Waals surface area contributed by atoms with Crippen LogP contribution in [0.3, 0.4) is 0 Å². The number of unbranched alkanes of at least 4 members (excludes halogenated alkanes) is 3. The van der Waals surface area contributed by atoms with Crippen molar-refractivity contribution in [2.45, 2.75) is 25.7 Å². The van der Waals surface area contributed by atoms with Crippen LogP contribution in [0.4, 0.5) is 11.4 Å². The molecule has 3 N–H and O–H groups in total. The third-order valence-electron chi connectivity index (χ3n) is 3.02. The highest BCUT2D eigenvalue weighted by molar-refractivity contribution is 7.98. The summed E-state index contributed by atoms with van der Waals surface area (Å²) in [6.07, 6.45) is 6.31. The predicted molar refractivity (Wildman–Crippen MR) is 86.7 cm³/mol. The molecule has 1 rings (SSSR count). The molecular formula is C14H21N3O3S. The lowest BCUT2D eigenvalue weighted by atomic mass is 10.1. The summed E-state index contributed by atoms with van der Waals surface area (Å²) in [5, 5.41) is 13.6. The number of anilines is 1. The summed E-state index contributed by atoms with van der Waals surface area (Å²) in [5.74, 6) is 0.708. The SMILES string of the molecule is CSCCCCCCNC(=O)c1cc(N)ccc1[N+](=O)[O-]. The Kier molecular flexibility index (Phi) is 7.60. The Hall–Kier alpha value is -1.76. The van der Waals surface area contributed by atoms with Crippen molar-refractivity contribution in [1.29, 1.82) is 0 Å². The largest absolute Gasteiger partial charge is 0.399 e. The Morgan fingerprint density at radius 1 is 1.33 bits per heavy atom. The molecule has 1 amide bonds. The second kappa shape index (κ2) is 9.23. The van der Waals surface area contributed by atoms with Gasteiger partial charge in [-0.3, -0.25) is 14.9 Å². The minimum Gasteiger partial charge on any atom is -0.399 e. The van der Waals surface area contributed by atoms with Gasteiger partial charge in [-0.25, -0.2) is 0 Å². The van der Waals surface area contributed by atoms with Gasteiger partial charge in [-0.15, -0.1) is 0 Å². The smallest absolute Gasteiger partial charge is 0.282 e. The predicted octanol–water partition coefficient (Wildman–Crippen LogP) is 2.83. The van der Waals surface area contributed by atoms with Crippen LogP contribution in [0.2, 0.25) is 0 Å². The van der Waals surface area contributed by atoms with E-state index in [-0.39, 0.29) is 11.3 Å². The van der Waals surface area contributed by atoms with Crippen molar-refractivity contribution in [2.75, 3.05) is 24.3 Å². The van der Waals surface area contributed by atoms with E-state index in [2.05, 4.69) is 11.6 Å². The molecule has 0 aliphatic carbocycles. The van der Waals surface area contributed by atoms with Crippen molar-refractivity contribution >= 4 is 29.0 Å². The molecule has 0 saturated carbocycles. The molecule has 0 radical (unpaired) electrons. The molecule has 7 heteroatoms. The molecule has 0 fully saturated rings. The topological polar surface area (TPSA) is 98.3 Å². The van der Waals surface area contributed by atoms with E-state index >= 15 is 0 Å². The van der Waals surface area contributed by atoms with E-state index in [1.807, 2.05) is 11.8 Å². The first-order chi connectivity index (χ1) is 10.1. The van der Waals surface area contributed by atoms with Crippen molar-refractivity contribution in [3.63, 3.8) is 0 Å². The Morgan fingerprint density at radius 3 is 2.71 bits per heavy atom. The highest BCUT2D eigenvalue weighted by Gasteiger charge is 2.19. The number of nitro benzene ring substituents is 1. The molecule has 0 atom stereocenters. The number of nitrogens with two attached hydrogens (primary N) is 1. The van der Waals surface area contributed by atoms with Crippen LogP contribution in [0.25, 0.3) is 0 Å². The molecular weight excluding hydrogens is 290 g/mol. The monoisotopic (exact) mass is 311 g/mol. The van der Waals surface area contributed by atoms with Crippen LogP contribution in [0.15, 0.2) is 18.2 Å². The number of amides is 1. The lowest BCUT2D eigenvalue weighted by Gasteiger charge is -2.06. The van der Waals surface area contributed by atoms with Gasteiger partial charge < -0.3 is 11.1 Å². The molecule has 0 aliphatic rings. The molecule has 0 saturated heterocycles. The van der Waals surface area contributed by atoms with Crippen LogP contribution in [0.1, 0.15) is 36.0 Å². The number of thioether (sulfide) groups is 1. The fraction of sp³-hybridized carbons (Fsp3) is 0.500. The molecule has 0 spiro atoms.